The van der Waals surface area contributed by atoms with Gasteiger partial charge in [0.2, 0.25) is 0 Å². The van der Waals surface area contributed by atoms with Gasteiger partial charge in [-0.15, -0.1) is 0 Å². The third kappa shape index (κ3) is 4.41. The average Bonchev–Trinajstić information content (AvgIpc) is 2.60. The molecular formula is C24H23F3. The summed E-state index contributed by atoms with van der Waals surface area (Å²) in [6.07, 6.45) is -4.32. The maximum atomic E-state index is 12.9. The van der Waals surface area contributed by atoms with Crippen LogP contribution < -0.4 is 0 Å². The highest BCUT2D eigenvalue weighted by Crippen LogP contribution is 2.35. The number of rotatable bonds is 2. The molecule has 3 heteroatoms. The van der Waals surface area contributed by atoms with Crippen LogP contribution in [0.2, 0.25) is 0 Å². The first-order valence-electron chi connectivity index (χ1n) is 8.94. The summed E-state index contributed by atoms with van der Waals surface area (Å²) >= 11 is 0. The van der Waals surface area contributed by atoms with Gasteiger partial charge >= 0.3 is 6.18 Å². The van der Waals surface area contributed by atoms with Crippen LogP contribution in [0, 0.1) is 6.92 Å². The molecule has 0 aromatic heterocycles. The lowest BCUT2D eigenvalue weighted by molar-refractivity contribution is -0.137. The molecule has 0 heterocycles. The highest BCUT2D eigenvalue weighted by Gasteiger charge is 2.30. The van der Waals surface area contributed by atoms with Crippen LogP contribution in [0.5, 0.6) is 0 Å². The highest BCUT2D eigenvalue weighted by atomic mass is 19.4. The first kappa shape index (κ1) is 19.2. The largest absolute Gasteiger partial charge is 0.416 e. The Morgan fingerprint density at radius 2 is 1.00 bits per heavy atom. The van der Waals surface area contributed by atoms with E-state index in [0.717, 1.165) is 39.9 Å². The van der Waals surface area contributed by atoms with E-state index in [-0.39, 0.29) is 5.41 Å². The maximum Gasteiger partial charge on any atom is 0.416 e. The Morgan fingerprint density at radius 1 is 0.556 bits per heavy atom. The zero-order valence-electron chi connectivity index (χ0n) is 16.0. The summed E-state index contributed by atoms with van der Waals surface area (Å²) in [5, 5.41) is 0. The van der Waals surface area contributed by atoms with Crippen molar-refractivity contribution in [1.29, 1.82) is 0 Å². The zero-order valence-corrected chi connectivity index (χ0v) is 16.0. The fraction of sp³-hybridized carbons (Fsp3) is 0.250. The summed E-state index contributed by atoms with van der Waals surface area (Å²) in [7, 11) is 0. The lowest BCUT2D eigenvalue weighted by Crippen LogP contribution is -2.11. The molecule has 0 saturated carbocycles. The summed E-state index contributed by atoms with van der Waals surface area (Å²) < 4.78 is 38.6. The molecule has 0 spiro atoms. The van der Waals surface area contributed by atoms with E-state index in [1.165, 1.54) is 5.56 Å². The van der Waals surface area contributed by atoms with Gasteiger partial charge in [-0.2, -0.15) is 13.2 Å². The summed E-state index contributed by atoms with van der Waals surface area (Å²) in [4.78, 5) is 0. The molecule has 0 amide bonds. The molecule has 3 rings (SSSR count). The van der Waals surface area contributed by atoms with E-state index < -0.39 is 11.7 Å². The van der Waals surface area contributed by atoms with Gasteiger partial charge in [0.1, 0.15) is 0 Å². The fourth-order valence-corrected chi connectivity index (χ4v) is 2.99. The van der Waals surface area contributed by atoms with Crippen LogP contribution in [-0.4, -0.2) is 0 Å². The monoisotopic (exact) mass is 368 g/mol. The highest BCUT2D eigenvalue weighted by molar-refractivity contribution is 5.75. The van der Waals surface area contributed by atoms with Crippen molar-refractivity contribution >= 4 is 0 Å². The van der Waals surface area contributed by atoms with E-state index in [9.17, 15) is 13.2 Å². The Morgan fingerprint density at radius 3 is 1.41 bits per heavy atom. The quantitative estimate of drug-likeness (QED) is 0.436. The second-order valence-electron chi connectivity index (χ2n) is 7.99. The van der Waals surface area contributed by atoms with Gasteiger partial charge in [0.15, 0.2) is 0 Å². The van der Waals surface area contributed by atoms with Crippen molar-refractivity contribution in [1.82, 2.24) is 0 Å². The normalized spacial score (nSPS) is 12.3. The SMILES string of the molecule is Cc1ccc(-c2cc(-c3ccc(C(F)(F)F)cc3)cc(C(C)(C)C)c2)cc1. The lowest BCUT2D eigenvalue weighted by atomic mass is 9.83. The van der Waals surface area contributed by atoms with Gasteiger partial charge in [-0.1, -0.05) is 74.9 Å². The Labute approximate surface area is 158 Å². The van der Waals surface area contributed by atoms with Crippen molar-refractivity contribution < 1.29 is 13.2 Å². The van der Waals surface area contributed by atoms with Crippen LogP contribution in [0.15, 0.2) is 66.7 Å². The first-order valence-corrected chi connectivity index (χ1v) is 8.94. The van der Waals surface area contributed by atoms with E-state index in [1.54, 1.807) is 12.1 Å². The summed E-state index contributed by atoms with van der Waals surface area (Å²) in [6.45, 7) is 8.45. The van der Waals surface area contributed by atoms with Gasteiger partial charge in [-0.05, 0) is 58.4 Å². The molecule has 0 nitrogen and oxygen atoms in total. The molecule has 0 N–H and O–H groups in total. The third-order valence-electron chi connectivity index (χ3n) is 4.73. The molecular weight excluding hydrogens is 345 g/mol. The molecule has 0 unspecified atom stereocenters. The Hall–Kier alpha value is -2.55. The van der Waals surface area contributed by atoms with E-state index in [4.69, 9.17) is 0 Å². The van der Waals surface area contributed by atoms with Crippen molar-refractivity contribution in [3.05, 3.63) is 83.4 Å². The second-order valence-corrected chi connectivity index (χ2v) is 7.99. The van der Waals surface area contributed by atoms with Gasteiger partial charge in [-0.25, -0.2) is 0 Å². The van der Waals surface area contributed by atoms with E-state index in [2.05, 4.69) is 57.2 Å². The molecule has 27 heavy (non-hydrogen) atoms. The van der Waals surface area contributed by atoms with Crippen molar-refractivity contribution in [2.24, 2.45) is 0 Å². The van der Waals surface area contributed by atoms with E-state index in [0.29, 0.717) is 0 Å². The van der Waals surface area contributed by atoms with Gasteiger partial charge < -0.3 is 0 Å². The van der Waals surface area contributed by atoms with Crippen LogP contribution in [-0.2, 0) is 11.6 Å². The summed E-state index contributed by atoms with van der Waals surface area (Å²) in [6, 6.07) is 19.9. The third-order valence-corrected chi connectivity index (χ3v) is 4.73. The van der Waals surface area contributed by atoms with Crippen LogP contribution in [0.25, 0.3) is 22.3 Å². The molecule has 0 aliphatic carbocycles. The van der Waals surface area contributed by atoms with Crippen molar-refractivity contribution in [3.8, 4) is 22.3 Å². The summed E-state index contributed by atoms with van der Waals surface area (Å²) in [5.41, 5.74) is 5.51. The molecule has 0 saturated heterocycles. The Kier molecular flexibility index (Phi) is 4.90. The van der Waals surface area contributed by atoms with E-state index in [1.807, 2.05) is 13.0 Å². The van der Waals surface area contributed by atoms with Gasteiger partial charge in [0.25, 0.3) is 0 Å². The number of hydrogen-bond acceptors (Lipinski definition) is 0. The number of alkyl halides is 3. The predicted molar refractivity (Wildman–Crippen MR) is 106 cm³/mol. The molecule has 0 aliphatic heterocycles. The molecule has 0 bridgehead atoms. The van der Waals surface area contributed by atoms with Crippen molar-refractivity contribution in [2.75, 3.05) is 0 Å². The number of benzene rings is 3. The first-order chi connectivity index (χ1) is 12.5. The standard InChI is InChI=1S/C24H23F3/c1-16-5-7-17(8-6-16)19-13-20(15-22(14-19)23(2,3)4)18-9-11-21(12-10-18)24(25,26)27/h5-15H,1-4H3. The van der Waals surface area contributed by atoms with Crippen molar-refractivity contribution in [2.45, 2.75) is 39.3 Å². The van der Waals surface area contributed by atoms with E-state index >= 15 is 0 Å². The maximum absolute atomic E-state index is 12.9. The Balaban J connectivity index is 2.12. The topological polar surface area (TPSA) is 0 Å². The summed E-state index contributed by atoms with van der Waals surface area (Å²) in [5.74, 6) is 0. The minimum atomic E-state index is -4.32. The second kappa shape index (κ2) is 6.88. The minimum absolute atomic E-state index is 0.0681. The minimum Gasteiger partial charge on any atom is -0.166 e. The van der Waals surface area contributed by atoms with Crippen molar-refractivity contribution in [3.63, 3.8) is 0 Å². The fourth-order valence-electron chi connectivity index (χ4n) is 2.99. The number of hydrogen-bond donors (Lipinski definition) is 0. The van der Waals surface area contributed by atoms with Gasteiger partial charge in [-0.3, -0.25) is 0 Å². The molecule has 140 valence electrons. The molecule has 3 aromatic carbocycles. The van der Waals surface area contributed by atoms with Crippen LogP contribution in [0.3, 0.4) is 0 Å². The molecule has 0 radical (unpaired) electrons. The van der Waals surface area contributed by atoms with Gasteiger partial charge in [0.05, 0.1) is 5.56 Å². The molecule has 3 aromatic rings. The van der Waals surface area contributed by atoms with Gasteiger partial charge in [0, 0.05) is 0 Å². The average molecular weight is 368 g/mol. The predicted octanol–water partition coefficient (Wildman–Crippen LogP) is 7.65. The number of aryl methyl sites for hydroxylation is 1. The zero-order chi connectivity index (χ0) is 19.8. The van der Waals surface area contributed by atoms with Crippen LogP contribution in [0.1, 0.15) is 37.5 Å². The molecule has 0 aliphatic rings. The smallest absolute Gasteiger partial charge is 0.166 e. The Bertz CT molecular complexity index is 925. The van der Waals surface area contributed by atoms with Crippen LogP contribution >= 0.6 is 0 Å². The number of halogens is 3. The van der Waals surface area contributed by atoms with Crippen LogP contribution in [0.4, 0.5) is 13.2 Å². The molecule has 0 atom stereocenters. The lowest BCUT2D eigenvalue weighted by Gasteiger charge is -2.22. The molecule has 0 fully saturated rings.